The number of carbonyl (C=O) groups excluding carboxylic acids is 2. The van der Waals surface area contributed by atoms with Crippen LogP contribution in [0.2, 0.25) is 0 Å². The van der Waals surface area contributed by atoms with Crippen molar-refractivity contribution in [3.05, 3.63) is 65.7 Å². The molecule has 0 saturated carbocycles. The molecule has 2 aromatic rings. The normalized spacial score (nSPS) is 15.8. The number of ketones is 1. The monoisotopic (exact) mass is 380 g/mol. The fourth-order valence-electron chi connectivity index (χ4n) is 3.60. The van der Waals surface area contributed by atoms with Crippen LogP contribution in [0.5, 0.6) is 5.75 Å². The molecule has 148 valence electrons. The van der Waals surface area contributed by atoms with Crippen LogP contribution in [0.1, 0.15) is 42.1 Å². The van der Waals surface area contributed by atoms with E-state index in [9.17, 15) is 14.7 Å². The molecule has 28 heavy (non-hydrogen) atoms. The molecule has 0 aromatic heterocycles. The zero-order valence-electron chi connectivity index (χ0n) is 16.3. The van der Waals surface area contributed by atoms with Crippen molar-refractivity contribution < 1.29 is 14.7 Å². The minimum atomic E-state index is -0.0520. The van der Waals surface area contributed by atoms with Gasteiger partial charge in [0.15, 0.2) is 5.78 Å². The third-order valence-corrected chi connectivity index (χ3v) is 5.38. The van der Waals surface area contributed by atoms with E-state index in [0.29, 0.717) is 25.9 Å². The standard InChI is InChI=1S/C23H28N2O3/c1-17(7-8-18-9-11-21(26)12-10-18)24-23(28)25-15-13-20(14-16-25)22(27)19-5-3-2-4-6-19/h2-6,9-12,17,20,26H,7-8,13-16H2,1H3,(H,24,28). The van der Waals surface area contributed by atoms with Crippen molar-refractivity contribution in [3.63, 3.8) is 0 Å². The largest absolute Gasteiger partial charge is 0.508 e. The average molecular weight is 380 g/mol. The maximum atomic E-state index is 12.6. The van der Waals surface area contributed by atoms with Crippen LogP contribution in [-0.4, -0.2) is 41.0 Å². The molecular formula is C23H28N2O3. The van der Waals surface area contributed by atoms with Crippen LogP contribution in [0.25, 0.3) is 0 Å². The zero-order chi connectivity index (χ0) is 19.9. The smallest absolute Gasteiger partial charge is 0.317 e. The summed E-state index contributed by atoms with van der Waals surface area (Å²) < 4.78 is 0. The predicted octanol–water partition coefficient (Wildman–Crippen LogP) is 4.02. The van der Waals surface area contributed by atoms with E-state index in [-0.39, 0.29) is 29.5 Å². The molecule has 0 aliphatic carbocycles. The van der Waals surface area contributed by atoms with Crippen LogP contribution in [0.4, 0.5) is 4.79 Å². The van der Waals surface area contributed by atoms with E-state index in [1.54, 1.807) is 12.1 Å². The Bertz CT molecular complexity index is 781. The van der Waals surface area contributed by atoms with Gasteiger partial charge in [-0.2, -0.15) is 0 Å². The molecule has 1 heterocycles. The van der Waals surface area contributed by atoms with Crippen LogP contribution in [0.3, 0.4) is 0 Å². The Morgan fingerprint density at radius 3 is 2.36 bits per heavy atom. The molecule has 5 heteroatoms. The van der Waals surface area contributed by atoms with Gasteiger partial charge in [-0.05, 0) is 50.3 Å². The number of benzene rings is 2. The first-order valence-electron chi connectivity index (χ1n) is 9.95. The van der Waals surface area contributed by atoms with Crippen LogP contribution in [0.15, 0.2) is 54.6 Å². The predicted molar refractivity (Wildman–Crippen MR) is 109 cm³/mol. The van der Waals surface area contributed by atoms with E-state index in [2.05, 4.69) is 5.32 Å². The quantitative estimate of drug-likeness (QED) is 0.744. The Balaban J connectivity index is 1.42. The van der Waals surface area contributed by atoms with Crippen molar-refractivity contribution in [2.24, 2.45) is 5.92 Å². The van der Waals surface area contributed by atoms with Crippen molar-refractivity contribution in [2.75, 3.05) is 13.1 Å². The summed E-state index contributed by atoms with van der Waals surface area (Å²) in [5, 5.41) is 12.4. The number of hydrogen-bond acceptors (Lipinski definition) is 3. The van der Waals surface area contributed by atoms with E-state index in [0.717, 1.165) is 24.0 Å². The third-order valence-electron chi connectivity index (χ3n) is 5.38. The SMILES string of the molecule is CC(CCc1ccc(O)cc1)NC(=O)N1CCC(C(=O)c2ccccc2)CC1. The number of rotatable bonds is 6. The van der Waals surface area contributed by atoms with Gasteiger partial charge in [0, 0.05) is 30.6 Å². The first-order chi connectivity index (χ1) is 13.5. The number of aryl methyl sites for hydroxylation is 1. The highest BCUT2D eigenvalue weighted by Crippen LogP contribution is 2.22. The molecule has 1 fully saturated rings. The van der Waals surface area contributed by atoms with Crippen molar-refractivity contribution in [2.45, 2.75) is 38.6 Å². The second-order valence-electron chi connectivity index (χ2n) is 7.55. The van der Waals surface area contributed by atoms with E-state index >= 15 is 0 Å². The van der Waals surface area contributed by atoms with Gasteiger partial charge in [-0.25, -0.2) is 4.79 Å². The van der Waals surface area contributed by atoms with E-state index < -0.39 is 0 Å². The van der Waals surface area contributed by atoms with E-state index in [4.69, 9.17) is 0 Å². The Morgan fingerprint density at radius 1 is 1.07 bits per heavy atom. The molecule has 1 aliphatic heterocycles. The number of amides is 2. The lowest BCUT2D eigenvalue weighted by Gasteiger charge is -2.32. The Hall–Kier alpha value is -2.82. The molecule has 3 rings (SSSR count). The van der Waals surface area contributed by atoms with E-state index in [1.165, 1.54) is 0 Å². The van der Waals surface area contributed by atoms with Crippen molar-refractivity contribution in [3.8, 4) is 5.75 Å². The number of piperidine rings is 1. The van der Waals surface area contributed by atoms with Gasteiger partial charge >= 0.3 is 6.03 Å². The Kier molecular flexibility index (Phi) is 6.69. The van der Waals surface area contributed by atoms with Gasteiger partial charge in [0.1, 0.15) is 5.75 Å². The van der Waals surface area contributed by atoms with Crippen LogP contribution >= 0.6 is 0 Å². The molecular weight excluding hydrogens is 352 g/mol. The second-order valence-corrected chi connectivity index (χ2v) is 7.55. The molecule has 0 spiro atoms. The lowest BCUT2D eigenvalue weighted by atomic mass is 9.89. The van der Waals surface area contributed by atoms with Gasteiger partial charge in [0.05, 0.1) is 0 Å². The lowest BCUT2D eigenvalue weighted by molar-refractivity contribution is 0.0853. The van der Waals surface area contributed by atoms with Crippen LogP contribution < -0.4 is 5.32 Å². The highest BCUT2D eigenvalue weighted by Gasteiger charge is 2.28. The van der Waals surface area contributed by atoms with Crippen molar-refractivity contribution in [1.29, 1.82) is 0 Å². The summed E-state index contributed by atoms with van der Waals surface area (Å²) in [6.45, 7) is 3.23. The topological polar surface area (TPSA) is 69.6 Å². The number of Topliss-reactive ketones (excluding diaryl/α,β-unsaturated/α-hetero) is 1. The minimum absolute atomic E-state index is 0.00151. The molecule has 1 atom stereocenters. The average Bonchev–Trinajstić information content (AvgIpc) is 2.73. The summed E-state index contributed by atoms with van der Waals surface area (Å²) in [4.78, 5) is 26.9. The molecule has 1 unspecified atom stereocenters. The molecule has 5 nitrogen and oxygen atoms in total. The molecule has 2 aromatic carbocycles. The van der Waals surface area contributed by atoms with Gasteiger partial charge in [0.25, 0.3) is 0 Å². The van der Waals surface area contributed by atoms with Gasteiger partial charge < -0.3 is 15.3 Å². The highest BCUT2D eigenvalue weighted by molar-refractivity contribution is 5.97. The minimum Gasteiger partial charge on any atom is -0.508 e. The summed E-state index contributed by atoms with van der Waals surface area (Å²) in [6, 6.07) is 16.6. The number of likely N-dealkylation sites (tertiary alicyclic amines) is 1. The van der Waals surface area contributed by atoms with Gasteiger partial charge in [-0.1, -0.05) is 42.5 Å². The first kappa shape index (κ1) is 19.9. The summed E-state index contributed by atoms with van der Waals surface area (Å²) in [5.41, 5.74) is 1.90. The summed E-state index contributed by atoms with van der Waals surface area (Å²) in [5.74, 6) is 0.445. The molecule has 0 radical (unpaired) electrons. The zero-order valence-corrected chi connectivity index (χ0v) is 16.3. The maximum Gasteiger partial charge on any atom is 0.317 e. The van der Waals surface area contributed by atoms with Crippen LogP contribution in [-0.2, 0) is 6.42 Å². The molecule has 2 amide bonds. The number of carbonyl (C=O) groups is 2. The fourth-order valence-corrected chi connectivity index (χ4v) is 3.60. The van der Waals surface area contributed by atoms with E-state index in [1.807, 2.05) is 54.3 Å². The second kappa shape index (κ2) is 9.40. The van der Waals surface area contributed by atoms with Crippen LogP contribution in [0, 0.1) is 5.92 Å². The number of nitrogens with one attached hydrogen (secondary N) is 1. The summed E-state index contributed by atoms with van der Waals surface area (Å²) in [6.07, 6.45) is 3.10. The highest BCUT2D eigenvalue weighted by atomic mass is 16.3. The number of phenols is 1. The van der Waals surface area contributed by atoms with Gasteiger partial charge in [-0.3, -0.25) is 4.79 Å². The van der Waals surface area contributed by atoms with Gasteiger partial charge in [0.2, 0.25) is 0 Å². The maximum absolute atomic E-state index is 12.6. The first-order valence-corrected chi connectivity index (χ1v) is 9.95. The third kappa shape index (κ3) is 5.35. The number of aromatic hydroxyl groups is 1. The van der Waals surface area contributed by atoms with Crippen molar-refractivity contribution in [1.82, 2.24) is 10.2 Å². The Labute approximate surface area is 166 Å². The molecule has 1 saturated heterocycles. The summed E-state index contributed by atoms with van der Waals surface area (Å²) in [7, 11) is 0. The lowest BCUT2D eigenvalue weighted by Crippen LogP contribution is -2.48. The molecule has 2 N–H and O–H groups in total. The summed E-state index contributed by atoms with van der Waals surface area (Å²) >= 11 is 0. The number of phenolic OH excluding ortho intramolecular Hbond substituents is 1. The number of nitrogens with zero attached hydrogens (tertiary/aromatic N) is 1. The Morgan fingerprint density at radius 2 is 1.71 bits per heavy atom. The van der Waals surface area contributed by atoms with Gasteiger partial charge in [-0.15, -0.1) is 0 Å². The number of hydrogen-bond donors (Lipinski definition) is 2. The fraction of sp³-hybridized carbons (Fsp3) is 0.391. The number of urea groups is 1. The van der Waals surface area contributed by atoms with Crippen molar-refractivity contribution >= 4 is 11.8 Å². The molecule has 1 aliphatic rings. The molecule has 0 bridgehead atoms.